The lowest BCUT2D eigenvalue weighted by atomic mass is 10.4. The molecule has 27 heavy (non-hydrogen) atoms. The van der Waals surface area contributed by atoms with Crippen LogP contribution < -0.4 is 10.2 Å². The predicted molar refractivity (Wildman–Crippen MR) is 110 cm³/mol. The summed E-state index contributed by atoms with van der Waals surface area (Å²) >= 11 is 4.28. The third-order valence-corrected chi connectivity index (χ3v) is 5.48. The summed E-state index contributed by atoms with van der Waals surface area (Å²) < 4.78 is 0. The summed E-state index contributed by atoms with van der Waals surface area (Å²) in [5, 5.41) is 8.84. The summed E-state index contributed by atoms with van der Waals surface area (Å²) in [5.74, 6) is -0.424. The summed E-state index contributed by atoms with van der Waals surface area (Å²) in [6.45, 7) is 0.285. The topological polar surface area (TPSA) is 88.1 Å². The fraction of sp³-hybridized carbons (Fsp3) is 0.118. The average Bonchev–Trinajstić information content (AvgIpc) is 3.44. The number of carbonyl (C=O) groups is 2. The molecular weight excluding hydrogens is 402 g/mol. The van der Waals surface area contributed by atoms with E-state index in [0.29, 0.717) is 10.8 Å². The number of carbonyl (C=O) groups excluding carboxylic acids is 2. The minimum Gasteiger partial charge on any atom is -0.347 e. The molecular formula is C17H15N5O2S3. The highest BCUT2D eigenvalue weighted by atomic mass is 32.1. The molecule has 3 aromatic rings. The number of nitrogens with zero attached hydrogens (tertiary/aromatic N) is 4. The maximum absolute atomic E-state index is 12.2. The van der Waals surface area contributed by atoms with Crippen LogP contribution in [0.25, 0.3) is 12.2 Å². The Bertz CT molecular complexity index is 945. The molecule has 138 valence electrons. The molecule has 0 atom stereocenters. The number of thiazole rings is 3. The van der Waals surface area contributed by atoms with E-state index in [1.807, 2.05) is 16.1 Å². The van der Waals surface area contributed by atoms with Crippen LogP contribution in [0.5, 0.6) is 0 Å². The lowest BCUT2D eigenvalue weighted by Gasteiger charge is -2.10. The average molecular weight is 418 g/mol. The van der Waals surface area contributed by atoms with Crippen molar-refractivity contribution in [2.45, 2.75) is 6.54 Å². The molecule has 10 heteroatoms. The number of rotatable bonds is 7. The van der Waals surface area contributed by atoms with Crippen molar-refractivity contribution in [2.24, 2.45) is 0 Å². The predicted octanol–water partition coefficient (Wildman–Crippen LogP) is 3.06. The van der Waals surface area contributed by atoms with E-state index in [2.05, 4.69) is 20.3 Å². The van der Waals surface area contributed by atoms with Crippen LogP contribution in [0.4, 0.5) is 5.13 Å². The molecule has 3 aromatic heterocycles. The lowest BCUT2D eigenvalue weighted by Crippen LogP contribution is -2.24. The molecule has 0 aliphatic rings. The number of aromatic nitrogens is 3. The fourth-order valence-corrected chi connectivity index (χ4v) is 3.74. The summed E-state index contributed by atoms with van der Waals surface area (Å²) in [4.78, 5) is 38.1. The number of anilines is 1. The molecule has 1 N–H and O–H groups in total. The molecule has 0 saturated heterocycles. The van der Waals surface area contributed by atoms with Crippen LogP contribution in [0, 0.1) is 0 Å². The van der Waals surface area contributed by atoms with E-state index in [4.69, 9.17) is 0 Å². The van der Waals surface area contributed by atoms with Gasteiger partial charge in [-0.1, -0.05) is 0 Å². The Morgan fingerprint density at radius 2 is 1.74 bits per heavy atom. The third-order valence-electron chi connectivity index (χ3n) is 3.31. The molecule has 0 saturated carbocycles. The van der Waals surface area contributed by atoms with Crippen LogP contribution in [-0.4, -0.2) is 33.8 Å². The van der Waals surface area contributed by atoms with Gasteiger partial charge in [0, 0.05) is 35.3 Å². The van der Waals surface area contributed by atoms with Gasteiger partial charge in [0.2, 0.25) is 5.91 Å². The van der Waals surface area contributed by atoms with Crippen molar-refractivity contribution < 1.29 is 9.59 Å². The highest BCUT2D eigenvalue weighted by Crippen LogP contribution is 2.19. The van der Waals surface area contributed by atoms with Gasteiger partial charge in [-0.15, -0.1) is 34.0 Å². The van der Waals surface area contributed by atoms with Crippen molar-refractivity contribution in [1.29, 1.82) is 0 Å². The van der Waals surface area contributed by atoms with E-state index in [9.17, 15) is 9.59 Å². The molecule has 3 heterocycles. The van der Waals surface area contributed by atoms with Gasteiger partial charge in [-0.05, 0) is 12.2 Å². The van der Waals surface area contributed by atoms with Gasteiger partial charge in [0.15, 0.2) is 5.13 Å². The second kappa shape index (κ2) is 9.31. The highest BCUT2D eigenvalue weighted by molar-refractivity contribution is 7.14. The standard InChI is InChI=1S/C17H15N5O2S3/c1-22(16(24)5-3-13-8-26-11-20-13)17-21-14(9-27-17)6-18-15(23)4-2-12-7-25-10-19-12/h2-5,7-11H,6H2,1H3,(H,18,23)/b4-2+,5-3+. The molecule has 7 nitrogen and oxygen atoms in total. The fourth-order valence-electron chi connectivity index (χ4n) is 1.90. The van der Waals surface area contributed by atoms with Crippen molar-refractivity contribution in [1.82, 2.24) is 20.3 Å². The SMILES string of the molecule is CN(C(=O)/C=C/c1cscn1)c1nc(CNC(=O)/C=C/c2cscn2)cs1. The van der Waals surface area contributed by atoms with Gasteiger partial charge in [0.05, 0.1) is 34.6 Å². The van der Waals surface area contributed by atoms with E-state index in [1.54, 1.807) is 30.2 Å². The normalized spacial score (nSPS) is 11.3. The second-order valence-electron chi connectivity index (χ2n) is 5.23. The number of amides is 2. The van der Waals surface area contributed by atoms with Gasteiger partial charge in [-0.25, -0.2) is 15.0 Å². The first-order chi connectivity index (χ1) is 13.1. The van der Waals surface area contributed by atoms with E-state index >= 15 is 0 Å². The van der Waals surface area contributed by atoms with Gasteiger partial charge in [0.1, 0.15) is 0 Å². The quantitative estimate of drug-likeness (QED) is 0.597. The van der Waals surface area contributed by atoms with Crippen molar-refractivity contribution in [2.75, 3.05) is 11.9 Å². The maximum Gasteiger partial charge on any atom is 0.252 e. The molecule has 0 aromatic carbocycles. The molecule has 0 aliphatic heterocycles. The van der Waals surface area contributed by atoms with Crippen molar-refractivity contribution in [3.05, 3.63) is 56.4 Å². The Hall–Kier alpha value is -2.69. The van der Waals surface area contributed by atoms with Crippen molar-refractivity contribution in [3.63, 3.8) is 0 Å². The molecule has 0 radical (unpaired) electrons. The minimum atomic E-state index is -0.229. The van der Waals surface area contributed by atoms with Crippen LogP contribution >= 0.6 is 34.0 Å². The second-order valence-corrected chi connectivity index (χ2v) is 7.50. The molecule has 3 rings (SSSR count). The van der Waals surface area contributed by atoms with Gasteiger partial charge in [0.25, 0.3) is 5.91 Å². The smallest absolute Gasteiger partial charge is 0.252 e. The zero-order valence-electron chi connectivity index (χ0n) is 14.2. The van der Waals surface area contributed by atoms with Crippen molar-refractivity contribution >= 4 is 63.1 Å². The highest BCUT2D eigenvalue weighted by Gasteiger charge is 2.12. The summed E-state index contributed by atoms with van der Waals surface area (Å²) in [7, 11) is 1.66. The number of likely N-dealkylation sites (N-methyl/N-ethyl adjacent to an activating group) is 1. The summed E-state index contributed by atoms with van der Waals surface area (Å²) in [5.41, 5.74) is 5.60. The number of hydrogen-bond acceptors (Lipinski definition) is 8. The van der Waals surface area contributed by atoms with Crippen molar-refractivity contribution in [3.8, 4) is 0 Å². The summed E-state index contributed by atoms with van der Waals surface area (Å²) in [6, 6.07) is 0. The van der Waals surface area contributed by atoms with Crippen LogP contribution in [0.1, 0.15) is 17.1 Å². The first-order valence-electron chi connectivity index (χ1n) is 7.74. The van der Waals surface area contributed by atoms with Gasteiger partial charge in [-0.2, -0.15) is 0 Å². The summed E-state index contributed by atoms with van der Waals surface area (Å²) in [6.07, 6.45) is 6.21. The first-order valence-corrected chi connectivity index (χ1v) is 10.5. The Kier molecular flexibility index (Phi) is 6.58. The number of nitrogens with one attached hydrogen (secondary N) is 1. The monoisotopic (exact) mass is 417 g/mol. The van der Waals surface area contributed by atoms with E-state index in [1.165, 1.54) is 51.1 Å². The molecule has 2 amide bonds. The van der Waals surface area contributed by atoms with Gasteiger partial charge in [-0.3, -0.25) is 14.5 Å². The molecule has 0 bridgehead atoms. The zero-order chi connectivity index (χ0) is 19.1. The third kappa shape index (κ3) is 5.64. The largest absolute Gasteiger partial charge is 0.347 e. The lowest BCUT2D eigenvalue weighted by molar-refractivity contribution is -0.116. The van der Waals surface area contributed by atoms with E-state index in [-0.39, 0.29) is 18.4 Å². The molecule has 0 unspecified atom stereocenters. The Balaban J connectivity index is 1.51. The van der Waals surface area contributed by atoms with E-state index < -0.39 is 0 Å². The van der Waals surface area contributed by atoms with Gasteiger partial charge >= 0.3 is 0 Å². The zero-order valence-corrected chi connectivity index (χ0v) is 16.7. The molecule has 0 spiro atoms. The van der Waals surface area contributed by atoms with Crippen LogP contribution in [0.15, 0.2) is 39.3 Å². The Morgan fingerprint density at radius 3 is 2.37 bits per heavy atom. The van der Waals surface area contributed by atoms with Gasteiger partial charge < -0.3 is 5.32 Å². The maximum atomic E-state index is 12.2. The number of hydrogen-bond donors (Lipinski definition) is 1. The Labute approximate surface area is 167 Å². The van der Waals surface area contributed by atoms with Crippen LogP contribution in [0.3, 0.4) is 0 Å². The molecule has 0 aliphatic carbocycles. The van der Waals surface area contributed by atoms with E-state index in [0.717, 1.165) is 11.4 Å². The molecule has 0 fully saturated rings. The van der Waals surface area contributed by atoms with Crippen LogP contribution in [-0.2, 0) is 16.1 Å². The van der Waals surface area contributed by atoms with Crippen LogP contribution in [0.2, 0.25) is 0 Å². The minimum absolute atomic E-state index is 0.195. The Morgan fingerprint density at radius 1 is 1.07 bits per heavy atom. The first kappa shape index (κ1) is 19.1.